The van der Waals surface area contributed by atoms with E-state index in [0.29, 0.717) is 77.5 Å². The Balaban J connectivity index is 0.650. The maximum absolute atomic E-state index is 6.01. The summed E-state index contributed by atoms with van der Waals surface area (Å²) in [6, 6.07) is 25.3. The molecule has 1 saturated carbocycles. The molecule has 5 aromatic rings. The van der Waals surface area contributed by atoms with Gasteiger partial charge < -0.3 is 39.6 Å². The summed E-state index contributed by atoms with van der Waals surface area (Å²) in [6.07, 6.45) is 9.10. The van der Waals surface area contributed by atoms with Crippen molar-refractivity contribution in [1.29, 1.82) is 0 Å². The van der Waals surface area contributed by atoms with Crippen LogP contribution in [-0.4, -0.2) is 162 Å². The largest absolute Gasteiger partial charge is 0.487 e. The smallest absolute Gasteiger partial charge is 0.145 e. The third-order valence-electron chi connectivity index (χ3n) is 13.3. The Labute approximate surface area is 437 Å². The van der Waals surface area contributed by atoms with Crippen molar-refractivity contribution in [3.8, 4) is 5.75 Å². The summed E-state index contributed by atoms with van der Waals surface area (Å²) in [6.45, 7) is 19.9. The third-order valence-corrected chi connectivity index (χ3v) is 15.5. The lowest BCUT2D eigenvalue weighted by Crippen LogP contribution is -2.37. The van der Waals surface area contributed by atoms with Gasteiger partial charge in [-0.2, -0.15) is 0 Å². The number of benzene rings is 3. The Bertz CT molecular complexity index is 2310. The fourth-order valence-electron chi connectivity index (χ4n) is 9.06. The predicted octanol–water partition coefficient (Wildman–Crippen LogP) is 8.64. The average molecular weight is 1030 g/mol. The number of hydrogen-bond donors (Lipinski definition) is 2. The van der Waals surface area contributed by atoms with E-state index in [4.69, 9.17) is 39.4 Å². The first-order valence-electron chi connectivity index (χ1n) is 26.1. The molecule has 394 valence electrons. The van der Waals surface area contributed by atoms with E-state index in [9.17, 15) is 0 Å². The zero-order chi connectivity index (χ0) is 50.4. The van der Waals surface area contributed by atoms with E-state index >= 15 is 0 Å². The second-order valence-corrected chi connectivity index (χ2v) is 22.4. The van der Waals surface area contributed by atoms with Crippen molar-refractivity contribution in [1.82, 2.24) is 43.4 Å². The minimum Gasteiger partial charge on any atom is -0.487 e. The van der Waals surface area contributed by atoms with Gasteiger partial charge in [0.25, 0.3) is 0 Å². The number of aromatic nitrogens is 5. The summed E-state index contributed by atoms with van der Waals surface area (Å²) in [5, 5.41) is 13.2. The van der Waals surface area contributed by atoms with E-state index < -0.39 is 0 Å². The molecule has 72 heavy (non-hydrogen) atoms. The third kappa shape index (κ3) is 19.3. The second kappa shape index (κ2) is 29.7. The zero-order valence-electron chi connectivity index (χ0n) is 43.6. The Morgan fingerprint density at radius 3 is 2.12 bits per heavy atom. The van der Waals surface area contributed by atoms with Gasteiger partial charge in [0.05, 0.1) is 77.7 Å². The second-order valence-electron chi connectivity index (χ2n) is 20.0. The van der Waals surface area contributed by atoms with Crippen LogP contribution in [0.4, 0.5) is 11.5 Å². The normalized spacial score (nSPS) is 17.3. The van der Waals surface area contributed by atoms with E-state index in [-0.39, 0.29) is 0 Å². The molecule has 1 saturated heterocycles. The Morgan fingerprint density at radius 1 is 0.736 bits per heavy atom. The number of anilines is 2. The molecule has 2 fully saturated rings. The van der Waals surface area contributed by atoms with Crippen LogP contribution in [0.15, 0.2) is 88.8 Å². The van der Waals surface area contributed by atoms with Gasteiger partial charge in [0.2, 0.25) is 0 Å². The highest BCUT2D eigenvalue weighted by Crippen LogP contribution is 2.39. The Kier molecular flexibility index (Phi) is 23.0. The zero-order valence-corrected chi connectivity index (χ0v) is 45.2. The molecule has 0 radical (unpaired) electrons. The highest BCUT2D eigenvalue weighted by atomic mass is 32.2. The molecule has 0 unspecified atom stereocenters. The summed E-state index contributed by atoms with van der Waals surface area (Å²) < 4.78 is 35.6. The number of fused-ring (bicyclic) bond motifs is 1. The van der Waals surface area contributed by atoms with Crippen LogP contribution in [0.3, 0.4) is 0 Å². The van der Waals surface area contributed by atoms with Crippen LogP contribution in [0.2, 0.25) is 0 Å². The number of nitrogens with one attached hydrogen (secondary N) is 1. The molecule has 18 heteroatoms. The van der Waals surface area contributed by atoms with Crippen molar-refractivity contribution in [2.45, 2.75) is 94.8 Å². The molecular weight excluding hydrogens is 947 g/mol. The molecule has 3 N–H and O–H groups in total. The highest BCUT2D eigenvalue weighted by Gasteiger charge is 2.31. The fourth-order valence-corrected chi connectivity index (χ4v) is 11.0. The van der Waals surface area contributed by atoms with E-state index in [0.717, 1.165) is 111 Å². The minimum absolute atomic E-state index is 0.348. The topological polar surface area (TPSA) is 154 Å². The predicted molar refractivity (Wildman–Crippen MR) is 291 cm³/mol. The molecular formula is C54H81N11O5S2. The number of nitrogens with zero attached hydrogens (tertiary/aromatic N) is 9. The van der Waals surface area contributed by atoms with E-state index in [2.05, 4.69) is 111 Å². The van der Waals surface area contributed by atoms with Crippen molar-refractivity contribution in [3.63, 3.8) is 0 Å². The molecule has 0 amide bonds. The van der Waals surface area contributed by atoms with Crippen LogP contribution in [0, 0.1) is 11.3 Å². The van der Waals surface area contributed by atoms with Gasteiger partial charge in [-0.3, -0.25) is 4.90 Å². The first-order chi connectivity index (χ1) is 35.0. The number of hydrogen-bond acceptors (Lipinski definition) is 17. The summed E-state index contributed by atoms with van der Waals surface area (Å²) in [7, 11) is 4.38. The fraction of sp³-hybridized carbons (Fsp3) is 0.593. The first kappa shape index (κ1) is 55.7. The minimum atomic E-state index is 0.348. The number of nitrogen functional groups attached to an aromatic ring is 1. The van der Waals surface area contributed by atoms with E-state index in [1.807, 2.05) is 36.5 Å². The van der Waals surface area contributed by atoms with Gasteiger partial charge in [-0.15, -0.1) is 5.10 Å². The monoisotopic (exact) mass is 1030 g/mol. The van der Waals surface area contributed by atoms with Crippen LogP contribution in [0.1, 0.15) is 70.8 Å². The van der Waals surface area contributed by atoms with Crippen molar-refractivity contribution in [2.75, 3.05) is 124 Å². The molecule has 16 nitrogen and oxygen atoms in total. The summed E-state index contributed by atoms with van der Waals surface area (Å²) in [4.78, 5) is 17.1. The van der Waals surface area contributed by atoms with Crippen molar-refractivity contribution < 1.29 is 23.7 Å². The average Bonchev–Trinajstić information content (AvgIpc) is 3.72. The van der Waals surface area contributed by atoms with Crippen LogP contribution >= 0.6 is 23.9 Å². The standard InChI is InChI=1S/C54H81N11O5S2/c1-54(2,3)43-15-17-46(18-16-43)62(5)41-52-57-51-14-7-6-13-50(51)53(58-52)56-23-9-24-61(4)29-31-66-33-35-68-37-38-69-36-34-67-32-30-63-40-45(59-60-63)42-70-47-19-21-48(22-20-47)71-64-25-10-26-65(28-27-64)72-49-12-8-11-44(55)39-49/h6-8,11-14,19-22,39-40,43,46H,9-10,15-18,23-38,41-42,55H2,1-5H3,(H,56,57,58). The maximum Gasteiger partial charge on any atom is 0.145 e. The van der Waals surface area contributed by atoms with Crippen molar-refractivity contribution >= 4 is 46.3 Å². The molecule has 2 aromatic heterocycles. The van der Waals surface area contributed by atoms with Crippen molar-refractivity contribution in [2.24, 2.45) is 11.3 Å². The SMILES string of the molecule is CN(CCCNc1nc(CN(C)C2CCC(C(C)(C)C)CC2)nc2ccccc12)CCOCCOCCOCCOCCn1cc(COc2ccc(SN3CCCN(Sc4cccc(N)c4)CC3)cc2)nn1. The molecule has 0 spiro atoms. The molecule has 3 heterocycles. The van der Waals surface area contributed by atoms with Gasteiger partial charge in [0.15, 0.2) is 0 Å². The highest BCUT2D eigenvalue weighted by molar-refractivity contribution is 7.97. The molecule has 1 aliphatic carbocycles. The van der Waals surface area contributed by atoms with Gasteiger partial charge in [-0.25, -0.2) is 23.3 Å². The molecule has 7 rings (SSSR count). The van der Waals surface area contributed by atoms with Crippen LogP contribution in [0.25, 0.3) is 10.9 Å². The quantitative estimate of drug-likeness (QED) is 0.0256. The van der Waals surface area contributed by atoms with Gasteiger partial charge >= 0.3 is 0 Å². The number of ether oxygens (including phenoxy) is 5. The van der Waals surface area contributed by atoms with Crippen LogP contribution in [0.5, 0.6) is 5.75 Å². The summed E-state index contributed by atoms with van der Waals surface area (Å²) >= 11 is 3.59. The molecule has 1 aliphatic heterocycles. The number of para-hydroxylation sites is 1. The Hall–Kier alpha value is -4.08. The summed E-state index contributed by atoms with van der Waals surface area (Å²) in [5.74, 6) is 3.43. The van der Waals surface area contributed by atoms with Crippen LogP contribution in [-0.2, 0) is 38.6 Å². The maximum atomic E-state index is 6.01. The van der Waals surface area contributed by atoms with Gasteiger partial charge in [0.1, 0.15) is 29.7 Å². The van der Waals surface area contributed by atoms with Crippen molar-refractivity contribution in [3.05, 3.63) is 90.5 Å². The molecule has 3 aromatic carbocycles. The Morgan fingerprint density at radius 2 is 1.42 bits per heavy atom. The van der Waals surface area contributed by atoms with E-state index in [1.54, 1.807) is 28.6 Å². The van der Waals surface area contributed by atoms with Gasteiger partial charge in [-0.1, -0.05) is 44.2 Å². The lowest BCUT2D eigenvalue weighted by atomic mass is 9.71. The van der Waals surface area contributed by atoms with E-state index in [1.165, 1.54) is 35.5 Å². The molecule has 2 aliphatic rings. The number of likely N-dealkylation sites (N-methyl/N-ethyl adjacent to an activating group) is 1. The lowest BCUT2D eigenvalue weighted by molar-refractivity contribution is -0.00424. The molecule has 0 bridgehead atoms. The van der Waals surface area contributed by atoms with Gasteiger partial charge in [-0.05, 0) is 149 Å². The molecule has 0 atom stereocenters. The first-order valence-corrected chi connectivity index (χ1v) is 27.6. The lowest BCUT2D eigenvalue weighted by Gasteiger charge is -2.39. The number of nitrogens with two attached hydrogens (primary N) is 1. The summed E-state index contributed by atoms with van der Waals surface area (Å²) in [5.41, 5.74) is 8.94. The number of rotatable bonds is 30. The van der Waals surface area contributed by atoms with Crippen LogP contribution < -0.4 is 15.8 Å². The van der Waals surface area contributed by atoms with Gasteiger partial charge in [0, 0.05) is 66.2 Å².